The van der Waals surface area contributed by atoms with Gasteiger partial charge in [0.2, 0.25) is 10.0 Å². The standard InChI is InChI=1S/C14H22N2O3S/c1-14(2)8-4-5-13(14)16-20(17,18)12-7-6-10(19-3)9-11(12)15/h6-7,9,13,16H,4-5,8,15H2,1-3H3. The zero-order chi connectivity index (χ0) is 15.0. The summed E-state index contributed by atoms with van der Waals surface area (Å²) < 4.78 is 32.8. The molecule has 1 aromatic rings. The van der Waals surface area contributed by atoms with Crippen molar-refractivity contribution in [3.05, 3.63) is 18.2 Å². The van der Waals surface area contributed by atoms with Crippen molar-refractivity contribution in [3.63, 3.8) is 0 Å². The van der Waals surface area contributed by atoms with Crippen molar-refractivity contribution in [3.8, 4) is 5.75 Å². The van der Waals surface area contributed by atoms with Crippen LogP contribution in [0, 0.1) is 5.41 Å². The number of hydrogen-bond acceptors (Lipinski definition) is 4. The smallest absolute Gasteiger partial charge is 0.242 e. The number of rotatable bonds is 4. The Hall–Kier alpha value is -1.27. The fourth-order valence-electron chi connectivity index (χ4n) is 2.69. The number of ether oxygens (including phenoxy) is 1. The van der Waals surface area contributed by atoms with Crippen LogP contribution in [0.3, 0.4) is 0 Å². The van der Waals surface area contributed by atoms with Gasteiger partial charge in [0.1, 0.15) is 10.6 Å². The molecule has 0 radical (unpaired) electrons. The Morgan fingerprint density at radius 2 is 2.10 bits per heavy atom. The third-order valence-electron chi connectivity index (χ3n) is 4.06. The Labute approximate surface area is 120 Å². The highest BCUT2D eigenvalue weighted by molar-refractivity contribution is 7.89. The van der Waals surface area contributed by atoms with E-state index in [4.69, 9.17) is 10.5 Å². The van der Waals surface area contributed by atoms with Crippen molar-refractivity contribution in [2.45, 2.75) is 44.0 Å². The average molecular weight is 298 g/mol. The fraction of sp³-hybridized carbons (Fsp3) is 0.571. The number of benzene rings is 1. The van der Waals surface area contributed by atoms with E-state index < -0.39 is 10.0 Å². The molecule has 1 aliphatic rings. The van der Waals surface area contributed by atoms with Gasteiger partial charge < -0.3 is 10.5 Å². The van der Waals surface area contributed by atoms with Gasteiger partial charge >= 0.3 is 0 Å². The molecule has 0 bridgehead atoms. The molecule has 1 atom stereocenters. The average Bonchev–Trinajstić information content (AvgIpc) is 2.67. The largest absolute Gasteiger partial charge is 0.497 e. The van der Waals surface area contributed by atoms with Crippen molar-refractivity contribution < 1.29 is 13.2 Å². The zero-order valence-electron chi connectivity index (χ0n) is 12.1. The summed E-state index contributed by atoms with van der Waals surface area (Å²) >= 11 is 0. The Balaban J connectivity index is 2.27. The van der Waals surface area contributed by atoms with Crippen LogP contribution in [0.4, 0.5) is 5.69 Å². The molecular weight excluding hydrogens is 276 g/mol. The predicted octanol–water partition coefficient (Wildman–Crippen LogP) is 2.13. The Morgan fingerprint density at radius 1 is 1.40 bits per heavy atom. The van der Waals surface area contributed by atoms with E-state index in [0.29, 0.717) is 5.75 Å². The van der Waals surface area contributed by atoms with Gasteiger partial charge in [-0.05, 0) is 30.4 Å². The molecule has 0 spiro atoms. The first kappa shape index (κ1) is 15.1. The quantitative estimate of drug-likeness (QED) is 0.834. The molecule has 1 aliphatic carbocycles. The fourth-order valence-corrected chi connectivity index (χ4v) is 4.25. The van der Waals surface area contributed by atoms with Gasteiger partial charge in [-0.1, -0.05) is 20.3 Å². The molecule has 6 heteroatoms. The molecule has 0 saturated heterocycles. The number of sulfonamides is 1. The second-order valence-corrected chi connectivity index (χ2v) is 7.64. The van der Waals surface area contributed by atoms with E-state index in [0.717, 1.165) is 19.3 Å². The third kappa shape index (κ3) is 2.91. The molecule has 0 aliphatic heterocycles. The maximum atomic E-state index is 12.5. The van der Waals surface area contributed by atoms with Crippen molar-refractivity contribution in [1.82, 2.24) is 4.72 Å². The zero-order valence-corrected chi connectivity index (χ0v) is 13.0. The van der Waals surface area contributed by atoms with Gasteiger partial charge in [-0.2, -0.15) is 0 Å². The van der Waals surface area contributed by atoms with Crippen LogP contribution in [0.5, 0.6) is 5.75 Å². The minimum atomic E-state index is -3.60. The van der Waals surface area contributed by atoms with Gasteiger partial charge in [0.05, 0.1) is 12.8 Å². The van der Waals surface area contributed by atoms with Crippen LogP contribution in [-0.2, 0) is 10.0 Å². The summed E-state index contributed by atoms with van der Waals surface area (Å²) in [6.45, 7) is 4.18. The van der Waals surface area contributed by atoms with Crippen LogP contribution in [0.1, 0.15) is 33.1 Å². The van der Waals surface area contributed by atoms with Crippen LogP contribution in [-0.4, -0.2) is 21.6 Å². The Morgan fingerprint density at radius 3 is 2.60 bits per heavy atom. The summed E-state index contributed by atoms with van der Waals surface area (Å²) in [4.78, 5) is 0.112. The van der Waals surface area contributed by atoms with Crippen molar-refractivity contribution in [1.29, 1.82) is 0 Å². The lowest BCUT2D eigenvalue weighted by Crippen LogP contribution is -2.41. The number of nitrogens with one attached hydrogen (secondary N) is 1. The second-order valence-electron chi connectivity index (χ2n) is 5.96. The molecule has 2 rings (SSSR count). The molecule has 1 aromatic carbocycles. The molecular formula is C14H22N2O3S. The third-order valence-corrected chi connectivity index (χ3v) is 5.61. The van der Waals surface area contributed by atoms with Crippen molar-refractivity contribution >= 4 is 15.7 Å². The van der Waals surface area contributed by atoms with E-state index in [1.807, 2.05) is 0 Å². The molecule has 0 heterocycles. The molecule has 0 amide bonds. The highest BCUT2D eigenvalue weighted by Crippen LogP contribution is 2.38. The van der Waals surface area contributed by atoms with Crippen LogP contribution >= 0.6 is 0 Å². The van der Waals surface area contributed by atoms with E-state index in [1.54, 1.807) is 6.07 Å². The Kier molecular flexibility index (Phi) is 3.97. The molecule has 5 nitrogen and oxygen atoms in total. The van der Waals surface area contributed by atoms with E-state index in [2.05, 4.69) is 18.6 Å². The number of hydrogen-bond donors (Lipinski definition) is 2. The van der Waals surface area contributed by atoms with Gasteiger partial charge in [-0.3, -0.25) is 0 Å². The molecule has 0 aromatic heterocycles. The second kappa shape index (κ2) is 5.26. The van der Waals surface area contributed by atoms with E-state index in [9.17, 15) is 8.42 Å². The first-order chi connectivity index (χ1) is 9.26. The molecule has 3 N–H and O–H groups in total. The highest BCUT2D eigenvalue weighted by Gasteiger charge is 2.37. The maximum absolute atomic E-state index is 12.5. The van der Waals surface area contributed by atoms with Crippen LogP contribution in [0.15, 0.2) is 23.1 Å². The number of nitrogen functional groups attached to an aromatic ring is 1. The summed E-state index contributed by atoms with van der Waals surface area (Å²) in [5.41, 5.74) is 6.01. The first-order valence-corrected chi connectivity index (χ1v) is 8.20. The molecule has 20 heavy (non-hydrogen) atoms. The summed E-state index contributed by atoms with van der Waals surface area (Å²) in [5.74, 6) is 0.544. The van der Waals surface area contributed by atoms with Crippen molar-refractivity contribution in [2.24, 2.45) is 5.41 Å². The first-order valence-electron chi connectivity index (χ1n) is 6.72. The lowest BCUT2D eigenvalue weighted by molar-refractivity contribution is 0.313. The summed E-state index contributed by atoms with van der Waals surface area (Å²) in [6.07, 6.45) is 2.93. The SMILES string of the molecule is COc1ccc(S(=O)(=O)NC2CCCC2(C)C)c(N)c1. The lowest BCUT2D eigenvalue weighted by Gasteiger charge is -2.27. The molecule has 1 saturated carbocycles. The van der Waals surface area contributed by atoms with E-state index in [-0.39, 0.29) is 22.0 Å². The summed E-state index contributed by atoms with van der Waals surface area (Å²) in [6, 6.07) is 4.56. The highest BCUT2D eigenvalue weighted by atomic mass is 32.2. The van der Waals surface area contributed by atoms with Gasteiger partial charge in [0.15, 0.2) is 0 Å². The summed E-state index contributed by atoms with van der Waals surface area (Å²) in [5, 5.41) is 0. The topological polar surface area (TPSA) is 81.4 Å². The van der Waals surface area contributed by atoms with Crippen LogP contribution < -0.4 is 15.2 Å². The predicted molar refractivity (Wildman–Crippen MR) is 79.1 cm³/mol. The van der Waals surface area contributed by atoms with Gasteiger partial charge in [-0.25, -0.2) is 13.1 Å². The van der Waals surface area contributed by atoms with E-state index in [1.165, 1.54) is 19.2 Å². The van der Waals surface area contributed by atoms with Crippen LogP contribution in [0.2, 0.25) is 0 Å². The van der Waals surface area contributed by atoms with Gasteiger partial charge in [0.25, 0.3) is 0 Å². The minimum absolute atomic E-state index is 0.0195. The number of methoxy groups -OCH3 is 1. The minimum Gasteiger partial charge on any atom is -0.497 e. The number of anilines is 1. The number of nitrogens with two attached hydrogens (primary N) is 1. The van der Waals surface area contributed by atoms with Crippen molar-refractivity contribution in [2.75, 3.05) is 12.8 Å². The lowest BCUT2D eigenvalue weighted by atomic mass is 9.88. The van der Waals surface area contributed by atoms with Gasteiger partial charge in [-0.15, -0.1) is 0 Å². The summed E-state index contributed by atoms with van der Waals surface area (Å²) in [7, 11) is -2.08. The molecule has 1 fully saturated rings. The maximum Gasteiger partial charge on any atom is 0.242 e. The molecule has 112 valence electrons. The normalized spacial score (nSPS) is 21.9. The van der Waals surface area contributed by atoms with E-state index >= 15 is 0 Å². The van der Waals surface area contributed by atoms with Gasteiger partial charge in [0, 0.05) is 12.1 Å². The monoisotopic (exact) mass is 298 g/mol. The Bertz CT molecular complexity index is 596. The molecule has 1 unspecified atom stereocenters. The van der Waals surface area contributed by atoms with Crippen LogP contribution in [0.25, 0.3) is 0 Å².